The molecule has 2 aliphatic rings. The van der Waals surface area contributed by atoms with Gasteiger partial charge in [0.25, 0.3) is 5.91 Å². The standard InChI is InChI=1S/C18H18INO8S/c1-9(21)28-8-12-13(7-10-3-5-11(19)6-4-10)29(25,26)17-15(27-2)16(22)20(17)14(12)18(23)24/h3-6,13,15,17H,7-8H2,1-2H3,(H,23,24)/t13?,15-,17+/m0/s1. The number of fused-ring (bicyclic) bond motifs is 1. The van der Waals surface area contributed by atoms with Crippen molar-refractivity contribution < 1.29 is 37.4 Å². The van der Waals surface area contributed by atoms with Crippen molar-refractivity contribution in [1.29, 1.82) is 0 Å². The number of hydrogen-bond acceptors (Lipinski definition) is 7. The summed E-state index contributed by atoms with van der Waals surface area (Å²) in [5.74, 6) is -2.92. The molecule has 11 heteroatoms. The summed E-state index contributed by atoms with van der Waals surface area (Å²) in [6.45, 7) is 0.588. The number of rotatable bonds is 6. The SMILES string of the molecule is CO[C@H]1C(=O)N2C(C(=O)O)=C(COC(C)=O)C(Cc3ccc(I)cc3)S(=O)(=O)[C@H]12. The molecule has 1 aromatic carbocycles. The smallest absolute Gasteiger partial charge is 0.352 e. The summed E-state index contributed by atoms with van der Waals surface area (Å²) >= 11 is 2.11. The highest BCUT2D eigenvalue weighted by Gasteiger charge is 2.63. The molecule has 1 N–H and O–H groups in total. The molecular formula is C18H18INO8S. The first-order valence-corrected chi connectivity index (χ1v) is 11.2. The fourth-order valence-electron chi connectivity index (χ4n) is 3.54. The highest BCUT2D eigenvalue weighted by Crippen LogP contribution is 2.42. The Balaban J connectivity index is 2.15. The van der Waals surface area contributed by atoms with Gasteiger partial charge in [-0.3, -0.25) is 14.5 Å². The molecule has 1 fully saturated rings. The van der Waals surface area contributed by atoms with Crippen LogP contribution in [0.2, 0.25) is 0 Å². The van der Waals surface area contributed by atoms with Crippen LogP contribution in [0.3, 0.4) is 0 Å². The van der Waals surface area contributed by atoms with Gasteiger partial charge >= 0.3 is 11.9 Å². The van der Waals surface area contributed by atoms with E-state index in [0.717, 1.165) is 15.4 Å². The fourth-order valence-corrected chi connectivity index (χ4v) is 6.31. The van der Waals surface area contributed by atoms with Crippen LogP contribution >= 0.6 is 22.6 Å². The minimum absolute atomic E-state index is 0.0262. The number of carboxylic acids is 1. The number of carbonyl (C=O) groups excluding carboxylic acids is 2. The normalized spacial score (nSPS) is 25.3. The number of amides is 1. The summed E-state index contributed by atoms with van der Waals surface area (Å²) in [6, 6.07) is 7.09. The lowest BCUT2D eigenvalue weighted by molar-refractivity contribution is -0.163. The van der Waals surface area contributed by atoms with Crippen LogP contribution in [0.1, 0.15) is 12.5 Å². The van der Waals surface area contributed by atoms with Crippen LogP contribution < -0.4 is 0 Å². The Morgan fingerprint density at radius 1 is 1.24 bits per heavy atom. The van der Waals surface area contributed by atoms with E-state index in [1.165, 1.54) is 7.11 Å². The van der Waals surface area contributed by atoms with E-state index in [-0.39, 0.29) is 12.0 Å². The van der Waals surface area contributed by atoms with Gasteiger partial charge < -0.3 is 14.6 Å². The van der Waals surface area contributed by atoms with Gasteiger partial charge in [0.2, 0.25) is 0 Å². The summed E-state index contributed by atoms with van der Waals surface area (Å²) in [6.07, 6.45) is -1.30. The molecule has 2 aliphatic heterocycles. The number of carboxylic acid groups (broad SMARTS) is 1. The van der Waals surface area contributed by atoms with Crippen LogP contribution in [-0.4, -0.2) is 66.7 Å². The van der Waals surface area contributed by atoms with Crippen molar-refractivity contribution in [3.05, 3.63) is 44.7 Å². The number of ether oxygens (including phenoxy) is 2. The van der Waals surface area contributed by atoms with E-state index >= 15 is 0 Å². The van der Waals surface area contributed by atoms with Gasteiger partial charge in [0.05, 0.1) is 5.25 Å². The number of benzene rings is 1. The van der Waals surface area contributed by atoms with Crippen molar-refractivity contribution in [3.63, 3.8) is 0 Å². The molecule has 3 atom stereocenters. The number of halogens is 1. The Morgan fingerprint density at radius 3 is 2.38 bits per heavy atom. The van der Waals surface area contributed by atoms with Crippen LogP contribution in [0.15, 0.2) is 35.5 Å². The first-order valence-electron chi connectivity index (χ1n) is 8.52. The van der Waals surface area contributed by atoms with Gasteiger partial charge in [-0.05, 0) is 46.7 Å². The Hall–Kier alpha value is -1.99. The third kappa shape index (κ3) is 3.78. The van der Waals surface area contributed by atoms with Crippen molar-refractivity contribution in [2.75, 3.05) is 13.7 Å². The fraction of sp³-hybridized carbons (Fsp3) is 0.389. The Bertz CT molecular complexity index is 1000. The number of methoxy groups -OCH3 is 1. The summed E-state index contributed by atoms with van der Waals surface area (Å²) in [5, 5.41) is 7.03. The van der Waals surface area contributed by atoms with Crippen LogP contribution in [0, 0.1) is 3.57 Å². The molecule has 0 radical (unpaired) electrons. The van der Waals surface area contributed by atoms with Crippen molar-refractivity contribution in [2.24, 2.45) is 0 Å². The summed E-state index contributed by atoms with van der Waals surface area (Å²) < 4.78 is 37.6. The minimum Gasteiger partial charge on any atom is -0.477 e. The Morgan fingerprint density at radius 2 is 1.86 bits per heavy atom. The zero-order valence-corrected chi connectivity index (χ0v) is 18.5. The van der Waals surface area contributed by atoms with Crippen molar-refractivity contribution in [3.8, 4) is 0 Å². The second-order valence-electron chi connectivity index (χ2n) is 6.62. The van der Waals surface area contributed by atoms with Crippen LogP contribution in [0.25, 0.3) is 0 Å². The second-order valence-corrected chi connectivity index (χ2v) is 10.1. The summed E-state index contributed by atoms with van der Waals surface area (Å²) in [5.41, 5.74) is 0.0578. The van der Waals surface area contributed by atoms with Crippen molar-refractivity contribution >= 4 is 50.3 Å². The maximum atomic E-state index is 13.3. The largest absolute Gasteiger partial charge is 0.477 e. The van der Waals surface area contributed by atoms with Gasteiger partial charge in [0.15, 0.2) is 21.3 Å². The van der Waals surface area contributed by atoms with E-state index in [1.807, 2.05) is 0 Å². The third-order valence-electron chi connectivity index (χ3n) is 4.88. The molecule has 0 saturated carbocycles. The predicted octanol–water partition coefficient (Wildman–Crippen LogP) is 0.716. The summed E-state index contributed by atoms with van der Waals surface area (Å²) in [4.78, 5) is 36.3. The number of β-lactam (4-membered cyclic amide) rings is 1. The second kappa shape index (κ2) is 8.03. The van der Waals surface area contributed by atoms with Crippen molar-refractivity contribution in [1.82, 2.24) is 4.90 Å². The lowest BCUT2D eigenvalue weighted by Crippen LogP contribution is -2.72. The molecule has 29 heavy (non-hydrogen) atoms. The molecule has 1 unspecified atom stereocenters. The Kier molecular flexibility index (Phi) is 6.01. The molecular weight excluding hydrogens is 517 g/mol. The quantitative estimate of drug-likeness (QED) is 0.321. The molecule has 0 spiro atoms. The number of sulfone groups is 1. The molecule has 0 aromatic heterocycles. The van der Waals surface area contributed by atoms with Gasteiger partial charge in [-0.25, -0.2) is 13.2 Å². The van der Waals surface area contributed by atoms with Gasteiger partial charge in [-0.15, -0.1) is 0 Å². The first-order chi connectivity index (χ1) is 13.6. The predicted molar refractivity (Wildman–Crippen MR) is 108 cm³/mol. The molecule has 0 bridgehead atoms. The average Bonchev–Trinajstić information content (AvgIpc) is 2.64. The number of aliphatic carboxylic acids is 1. The highest BCUT2D eigenvalue weighted by molar-refractivity contribution is 14.1. The van der Waals surface area contributed by atoms with Gasteiger partial charge in [0, 0.05) is 23.2 Å². The van der Waals surface area contributed by atoms with E-state index in [4.69, 9.17) is 9.47 Å². The molecule has 1 amide bonds. The lowest BCUT2D eigenvalue weighted by atomic mass is 9.98. The minimum atomic E-state index is -4.06. The highest BCUT2D eigenvalue weighted by atomic mass is 127. The van der Waals surface area contributed by atoms with E-state index in [2.05, 4.69) is 22.6 Å². The maximum absolute atomic E-state index is 13.3. The third-order valence-corrected chi connectivity index (χ3v) is 7.98. The molecule has 156 valence electrons. The van der Waals surface area contributed by atoms with E-state index < -0.39 is 56.7 Å². The number of nitrogens with zero attached hydrogens (tertiary/aromatic N) is 1. The van der Waals surface area contributed by atoms with Gasteiger partial charge in [-0.1, -0.05) is 12.1 Å². The molecule has 9 nitrogen and oxygen atoms in total. The molecule has 2 heterocycles. The Labute approximate surface area is 180 Å². The van der Waals surface area contributed by atoms with Gasteiger partial charge in [-0.2, -0.15) is 0 Å². The van der Waals surface area contributed by atoms with E-state index in [9.17, 15) is 27.9 Å². The number of hydrogen-bond donors (Lipinski definition) is 1. The molecule has 1 aromatic rings. The average molecular weight is 535 g/mol. The number of esters is 1. The first kappa shape index (κ1) is 21.7. The zero-order chi connectivity index (χ0) is 21.5. The maximum Gasteiger partial charge on any atom is 0.352 e. The number of carbonyl (C=O) groups is 3. The van der Waals surface area contributed by atoms with Crippen LogP contribution in [-0.2, 0) is 40.1 Å². The van der Waals surface area contributed by atoms with Crippen LogP contribution in [0.5, 0.6) is 0 Å². The monoisotopic (exact) mass is 535 g/mol. The lowest BCUT2D eigenvalue weighted by Gasteiger charge is -2.50. The van der Waals surface area contributed by atoms with Crippen molar-refractivity contribution in [2.45, 2.75) is 30.1 Å². The molecule has 3 rings (SSSR count). The van der Waals surface area contributed by atoms with E-state index in [0.29, 0.717) is 5.56 Å². The molecule has 1 saturated heterocycles. The zero-order valence-electron chi connectivity index (χ0n) is 15.5. The topological polar surface area (TPSA) is 127 Å². The van der Waals surface area contributed by atoms with Gasteiger partial charge in [0.1, 0.15) is 12.3 Å². The summed E-state index contributed by atoms with van der Waals surface area (Å²) in [7, 11) is -2.87. The van der Waals surface area contributed by atoms with E-state index in [1.54, 1.807) is 24.3 Å². The molecule has 0 aliphatic carbocycles. The van der Waals surface area contributed by atoms with Crippen LogP contribution in [0.4, 0.5) is 0 Å².